The third kappa shape index (κ3) is 4.38. The van der Waals surface area contributed by atoms with Crippen molar-refractivity contribution in [2.45, 2.75) is 19.8 Å². The zero-order valence-corrected chi connectivity index (χ0v) is 13.7. The van der Waals surface area contributed by atoms with Gasteiger partial charge < -0.3 is 9.64 Å². The molecule has 0 aliphatic rings. The van der Waals surface area contributed by atoms with Crippen LogP contribution < -0.4 is 4.74 Å². The van der Waals surface area contributed by atoms with Crippen molar-refractivity contribution in [3.8, 4) is 5.75 Å². The molecule has 124 valence electrons. The number of para-hydroxylation sites is 1. The quantitative estimate of drug-likeness (QED) is 0.183. The molecule has 0 fully saturated rings. The molecule has 0 aliphatic carbocycles. The van der Waals surface area contributed by atoms with Crippen molar-refractivity contribution >= 4 is 17.3 Å². The van der Waals surface area contributed by atoms with E-state index < -0.39 is 16.4 Å². The smallest absolute Gasteiger partial charge is 0.322 e. The van der Waals surface area contributed by atoms with E-state index >= 15 is 0 Å². The van der Waals surface area contributed by atoms with Crippen LogP contribution in [0.1, 0.15) is 30.1 Å². The fourth-order valence-electron chi connectivity index (χ4n) is 2.08. The van der Waals surface area contributed by atoms with E-state index in [4.69, 9.17) is 4.74 Å². The average Bonchev–Trinajstić information content (AvgIpc) is 2.50. The van der Waals surface area contributed by atoms with E-state index in [1.54, 1.807) is 19.0 Å². The van der Waals surface area contributed by atoms with Crippen molar-refractivity contribution < 1.29 is 19.2 Å². The maximum Gasteiger partial charge on any atom is 0.322 e. The molecule has 1 aromatic rings. The number of methoxy groups -OCH3 is 1. The SMILES string of the molecule is CCCC(=O)/C(=C\N(C)C)C(=O)c1cccc(OC)c1[N+](=O)[O-]. The van der Waals surface area contributed by atoms with Gasteiger partial charge >= 0.3 is 5.69 Å². The molecule has 0 N–H and O–H groups in total. The van der Waals surface area contributed by atoms with E-state index in [0.717, 1.165) is 0 Å². The van der Waals surface area contributed by atoms with E-state index in [2.05, 4.69) is 0 Å². The van der Waals surface area contributed by atoms with Gasteiger partial charge in [-0.2, -0.15) is 0 Å². The Kier molecular flexibility index (Phi) is 6.44. The number of nitro benzene ring substituents is 1. The Labute approximate surface area is 134 Å². The third-order valence-corrected chi connectivity index (χ3v) is 3.06. The Bertz CT molecular complexity index is 650. The summed E-state index contributed by atoms with van der Waals surface area (Å²) in [5.41, 5.74) is -0.672. The zero-order chi connectivity index (χ0) is 17.6. The van der Waals surface area contributed by atoms with Crippen LogP contribution in [0, 0.1) is 10.1 Å². The molecule has 0 aliphatic heterocycles. The first kappa shape index (κ1) is 18.3. The second-order valence-electron chi connectivity index (χ2n) is 5.12. The van der Waals surface area contributed by atoms with Crippen LogP contribution in [0.5, 0.6) is 5.75 Å². The normalized spacial score (nSPS) is 11.0. The van der Waals surface area contributed by atoms with Gasteiger partial charge in [-0.3, -0.25) is 19.7 Å². The number of carbonyl (C=O) groups is 2. The second kappa shape index (κ2) is 8.07. The predicted molar refractivity (Wildman–Crippen MR) is 85.7 cm³/mol. The van der Waals surface area contributed by atoms with Crippen molar-refractivity contribution in [1.29, 1.82) is 0 Å². The minimum atomic E-state index is -0.678. The number of nitro groups is 1. The van der Waals surface area contributed by atoms with Gasteiger partial charge in [-0.05, 0) is 18.6 Å². The predicted octanol–water partition coefficient (Wildman–Crippen LogP) is 2.60. The average molecular weight is 320 g/mol. The summed E-state index contributed by atoms with van der Waals surface area (Å²) < 4.78 is 4.96. The molecule has 0 aromatic heterocycles. The van der Waals surface area contributed by atoms with Crippen LogP contribution >= 0.6 is 0 Å². The molecule has 0 spiro atoms. The van der Waals surface area contributed by atoms with Gasteiger partial charge in [-0.25, -0.2) is 0 Å². The Morgan fingerprint density at radius 3 is 2.48 bits per heavy atom. The molecule has 23 heavy (non-hydrogen) atoms. The van der Waals surface area contributed by atoms with Crippen molar-refractivity contribution in [1.82, 2.24) is 4.90 Å². The molecule has 0 amide bonds. The highest BCUT2D eigenvalue weighted by atomic mass is 16.6. The molecule has 0 heterocycles. The summed E-state index contributed by atoms with van der Waals surface area (Å²) in [5, 5.41) is 11.3. The number of Topliss-reactive ketones (excluding diaryl/α,β-unsaturated/α-hetero) is 2. The highest BCUT2D eigenvalue weighted by molar-refractivity contribution is 6.27. The van der Waals surface area contributed by atoms with Crippen LogP contribution in [-0.2, 0) is 4.79 Å². The summed E-state index contributed by atoms with van der Waals surface area (Å²) in [7, 11) is 4.63. The number of ketones is 2. The first-order valence-corrected chi connectivity index (χ1v) is 7.11. The highest BCUT2D eigenvalue weighted by Gasteiger charge is 2.29. The van der Waals surface area contributed by atoms with Crippen LogP contribution in [0.2, 0.25) is 0 Å². The molecule has 7 nitrogen and oxygen atoms in total. The van der Waals surface area contributed by atoms with Gasteiger partial charge in [-0.15, -0.1) is 0 Å². The molecule has 0 unspecified atom stereocenters. The lowest BCUT2D eigenvalue weighted by Gasteiger charge is -2.11. The molecule has 0 radical (unpaired) electrons. The molecule has 0 atom stereocenters. The van der Waals surface area contributed by atoms with Gasteiger partial charge in [0.05, 0.1) is 17.6 Å². The monoisotopic (exact) mass is 320 g/mol. The van der Waals surface area contributed by atoms with Crippen LogP contribution in [-0.4, -0.2) is 42.6 Å². The molecule has 7 heteroatoms. The van der Waals surface area contributed by atoms with Gasteiger partial charge in [0, 0.05) is 26.7 Å². The van der Waals surface area contributed by atoms with Crippen LogP contribution in [0.15, 0.2) is 30.0 Å². The number of ether oxygens (including phenoxy) is 1. The minimum Gasteiger partial charge on any atom is -0.490 e. The van der Waals surface area contributed by atoms with Crippen LogP contribution in [0.3, 0.4) is 0 Å². The first-order chi connectivity index (χ1) is 10.8. The number of allylic oxidation sites excluding steroid dienone is 1. The largest absolute Gasteiger partial charge is 0.490 e. The summed E-state index contributed by atoms with van der Waals surface area (Å²) in [6.07, 6.45) is 2.17. The molecule has 0 bridgehead atoms. The van der Waals surface area contributed by atoms with Gasteiger partial charge in [0.15, 0.2) is 11.5 Å². The van der Waals surface area contributed by atoms with Crippen LogP contribution in [0.4, 0.5) is 5.69 Å². The van der Waals surface area contributed by atoms with Crippen molar-refractivity contribution in [2.24, 2.45) is 0 Å². The molecular formula is C16H20N2O5. The van der Waals surface area contributed by atoms with Crippen molar-refractivity contribution in [2.75, 3.05) is 21.2 Å². The Hall–Kier alpha value is -2.70. The lowest BCUT2D eigenvalue weighted by Crippen LogP contribution is -2.18. The molecule has 0 saturated carbocycles. The lowest BCUT2D eigenvalue weighted by atomic mass is 9.97. The van der Waals surface area contributed by atoms with Gasteiger partial charge in [0.25, 0.3) is 0 Å². The highest BCUT2D eigenvalue weighted by Crippen LogP contribution is 2.32. The number of hydrogen-bond donors (Lipinski definition) is 0. The maximum atomic E-state index is 12.7. The van der Waals surface area contributed by atoms with E-state index in [1.165, 1.54) is 31.5 Å². The molecule has 1 aromatic carbocycles. The summed E-state index contributed by atoms with van der Waals surface area (Å²) in [4.78, 5) is 37.1. The van der Waals surface area contributed by atoms with E-state index in [1.807, 2.05) is 6.92 Å². The van der Waals surface area contributed by atoms with Crippen molar-refractivity contribution in [3.63, 3.8) is 0 Å². The van der Waals surface area contributed by atoms with E-state index in [-0.39, 0.29) is 29.1 Å². The topological polar surface area (TPSA) is 89.8 Å². The number of carbonyl (C=O) groups excluding carboxylic acids is 2. The lowest BCUT2D eigenvalue weighted by molar-refractivity contribution is -0.386. The van der Waals surface area contributed by atoms with E-state index in [9.17, 15) is 19.7 Å². The number of nitrogens with zero attached hydrogens (tertiary/aromatic N) is 2. The Morgan fingerprint density at radius 1 is 1.35 bits per heavy atom. The van der Waals surface area contributed by atoms with Gasteiger partial charge in [0.1, 0.15) is 5.56 Å². The summed E-state index contributed by atoms with van der Waals surface area (Å²) in [5.74, 6) is -1.04. The molecule has 1 rings (SSSR count). The van der Waals surface area contributed by atoms with Gasteiger partial charge in [-0.1, -0.05) is 13.0 Å². The minimum absolute atomic E-state index is 0.0204. The second-order valence-corrected chi connectivity index (χ2v) is 5.12. The van der Waals surface area contributed by atoms with Crippen LogP contribution in [0.25, 0.3) is 0 Å². The summed E-state index contributed by atoms with van der Waals surface area (Å²) in [6, 6.07) is 4.21. The van der Waals surface area contributed by atoms with Gasteiger partial charge in [0.2, 0.25) is 5.78 Å². The standard InChI is InChI=1S/C16H20N2O5/c1-5-7-13(19)12(10-17(2)3)16(20)11-8-6-9-14(23-4)15(11)18(21)22/h6,8-10H,5,7H2,1-4H3/b12-10+. The zero-order valence-electron chi connectivity index (χ0n) is 13.7. The summed E-state index contributed by atoms with van der Waals surface area (Å²) in [6.45, 7) is 1.82. The number of benzene rings is 1. The third-order valence-electron chi connectivity index (χ3n) is 3.06. The molecule has 0 saturated heterocycles. The Balaban J connectivity index is 3.46. The first-order valence-electron chi connectivity index (χ1n) is 7.11. The Morgan fingerprint density at radius 2 is 2.00 bits per heavy atom. The fraction of sp³-hybridized carbons (Fsp3) is 0.375. The molecular weight excluding hydrogens is 300 g/mol. The summed E-state index contributed by atoms with van der Waals surface area (Å²) >= 11 is 0. The van der Waals surface area contributed by atoms with Crippen molar-refractivity contribution in [3.05, 3.63) is 45.6 Å². The van der Waals surface area contributed by atoms with E-state index in [0.29, 0.717) is 6.42 Å². The fourth-order valence-corrected chi connectivity index (χ4v) is 2.08. The number of hydrogen-bond acceptors (Lipinski definition) is 6. The maximum absolute atomic E-state index is 12.7. The number of rotatable bonds is 8.